The first-order chi connectivity index (χ1) is 17.0. The number of carboxylic acids is 1. The van der Waals surface area contributed by atoms with Gasteiger partial charge in [0, 0.05) is 12.1 Å². The predicted molar refractivity (Wildman–Crippen MR) is 145 cm³/mol. The normalized spacial score (nSPS) is 10.5. The SMILES string of the molecule is COC(=O)c1ccc(CC(=O)CP(C)(C)=O)cc1.COC(=O)c1ccc(N)cc1.CP(C)(=O)CC(=O)O. The van der Waals surface area contributed by atoms with Crippen LogP contribution in [0, 0.1) is 0 Å². The van der Waals surface area contributed by atoms with Crippen LogP contribution in [0.2, 0.25) is 0 Å². The monoisotopic (exact) mass is 555 g/mol. The lowest BCUT2D eigenvalue weighted by Gasteiger charge is -2.06. The van der Waals surface area contributed by atoms with Crippen molar-refractivity contribution in [1.82, 2.24) is 0 Å². The minimum Gasteiger partial charge on any atom is -0.481 e. The van der Waals surface area contributed by atoms with E-state index in [-0.39, 0.29) is 30.5 Å². The Morgan fingerprint density at radius 3 is 1.41 bits per heavy atom. The third-order valence-electron chi connectivity index (χ3n) is 4.18. The number of hydrogen-bond acceptors (Lipinski definition) is 9. The van der Waals surface area contributed by atoms with Crippen LogP contribution in [0.3, 0.4) is 0 Å². The molecule has 0 aromatic heterocycles. The number of rotatable bonds is 8. The highest BCUT2D eigenvalue weighted by molar-refractivity contribution is 7.63. The number of methoxy groups -OCH3 is 2. The van der Waals surface area contributed by atoms with Crippen LogP contribution in [-0.2, 0) is 34.6 Å². The molecule has 0 radical (unpaired) electrons. The number of esters is 2. The summed E-state index contributed by atoms with van der Waals surface area (Å²) >= 11 is 0. The summed E-state index contributed by atoms with van der Waals surface area (Å²) in [5, 5.41) is 8.08. The zero-order valence-electron chi connectivity index (χ0n) is 21.9. The summed E-state index contributed by atoms with van der Waals surface area (Å²) < 4.78 is 31.2. The number of nitrogens with two attached hydrogens (primary N) is 1. The van der Waals surface area contributed by atoms with E-state index >= 15 is 0 Å². The van der Waals surface area contributed by atoms with Gasteiger partial charge in [0.15, 0.2) is 0 Å². The van der Waals surface area contributed by atoms with Gasteiger partial charge in [-0.1, -0.05) is 12.1 Å². The molecule has 3 N–H and O–H groups in total. The molecule has 0 aliphatic rings. The number of ketones is 1. The van der Waals surface area contributed by atoms with E-state index in [9.17, 15) is 28.3 Å². The van der Waals surface area contributed by atoms with Crippen LogP contribution in [0.5, 0.6) is 0 Å². The summed E-state index contributed by atoms with van der Waals surface area (Å²) in [4.78, 5) is 43.6. The van der Waals surface area contributed by atoms with Crippen LogP contribution in [0.4, 0.5) is 5.69 Å². The van der Waals surface area contributed by atoms with E-state index in [1.807, 2.05) is 0 Å². The number of Topliss-reactive ketones (excluding diaryl/α,β-unsaturated/α-hetero) is 1. The molecular weight excluding hydrogens is 520 g/mol. The van der Waals surface area contributed by atoms with Crippen LogP contribution >= 0.6 is 14.3 Å². The zero-order valence-corrected chi connectivity index (χ0v) is 23.7. The van der Waals surface area contributed by atoms with Gasteiger partial charge in [-0.05, 0) is 68.6 Å². The van der Waals surface area contributed by atoms with Crippen molar-refractivity contribution in [3.05, 3.63) is 65.2 Å². The quantitative estimate of drug-likeness (QED) is 0.276. The lowest BCUT2D eigenvalue weighted by Crippen LogP contribution is -2.08. The second-order valence-corrected chi connectivity index (χ2v) is 15.8. The number of aliphatic carboxylic acids is 1. The molecule has 0 aliphatic carbocycles. The van der Waals surface area contributed by atoms with Crippen molar-refractivity contribution in [2.45, 2.75) is 6.42 Å². The van der Waals surface area contributed by atoms with Gasteiger partial charge in [-0.25, -0.2) is 9.59 Å². The first-order valence-electron chi connectivity index (χ1n) is 10.9. The van der Waals surface area contributed by atoms with Crippen molar-refractivity contribution < 1.29 is 42.9 Å². The van der Waals surface area contributed by atoms with Crippen molar-refractivity contribution in [3.63, 3.8) is 0 Å². The Labute approximate surface area is 217 Å². The zero-order chi connectivity index (χ0) is 28.8. The molecule has 37 heavy (non-hydrogen) atoms. The molecule has 0 amide bonds. The van der Waals surface area contributed by atoms with E-state index in [2.05, 4.69) is 9.47 Å². The summed E-state index contributed by atoms with van der Waals surface area (Å²) in [6.45, 7) is 6.12. The van der Waals surface area contributed by atoms with Crippen LogP contribution in [0.25, 0.3) is 0 Å². The number of benzene rings is 2. The minimum atomic E-state index is -2.32. The Balaban J connectivity index is 0.000000580. The largest absolute Gasteiger partial charge is 0.481 e. The number of anilines is 1. The topological polar surface area (TPSA) is 167 Å². The van der Waals surface area contributed by atoms with Gasteiger partial charge in [-0.3, -0.25) is 9.59 Å². The molecule has 0 saturated heterocycles. The van der Waals surface area contributed by atoms with E-state index in [4.69, 9.17) is 10.8 Å². The van der Waals surface area contributed by atoms with E-state index in [0.29, 0.717) is 16.8 Å². The Kier molecular flexibility index (Phi) is 14.4. The molecular formula is C25H35NO9P2. The van der Waals surface area contributed by atoms with E-state index < -0.39 is 26.2 Å². The highest BCUT2D eigenvalue weighted by atomic mass is 31.2. The summed E-state index contributed by atoms with van der Waals surface area (Å²) in [5.41, 5.74) is 7.82. The van der Waals surface area contributed by atoms with Crippen LogP contribution in [0.1, 0.15) is 26.3 Å². The average Bonchev–Trinajstić information content (AvgIpc) is 2.77. The molecule has 0 aliphatic heterocycles. The predicted octanol–water partition coefficient (Wildman–Crippen LogP) is 3.96. The Morgan fingerprint density at radius 1 is 0.730 bits per heavy atom. The summed E-state index contributed by atoms with van der Waals surface area (Å²) in [7, 11) is -1.97. The smallest absolute Gasteiger partial charge is 0.337 e. The second-order valence-electron chi connectivity index (χ2n) is 8.88. The van der Waals surface area contributed by atoms with Crippen molar-refractivity contribution in [3.8, 4) is 0 Å². The standard InChI is InChI=1S/C13H17O4P.C8H9NO2.C4H9O3P/c1-17-13(15)11-6-4-10(5-7-11)8-12(14)9-18(2,3)16;1-11-8(10)6-2-4-7(9)5-3-6;1-8(2,7)3-4(5)6/h4-7H,8-9H2,1-3H3;2-5H,9H2,1H3;3H2,1-2H3,(H,5,6). The maximum absolute atomic E-state index is 11.6. The Morgan fingerprint density at radius 2 is 1.11 bits per heavy atom. The average molecular weight is 556 g/mol. The van der Waals surface area contributed by atoms with Crippen LogP contribution in [0.15, 0.2) is 48.5 Å². The molecule has 2 aromatic rings. The third-order valence-corrected chi connectivity index (χ3v) is 6.33. The minimum absolute atomic E-state index is 0.0471. The number of ether oxygens (including phenoxy) is 2. The van der Waals surface area contributed by atoms with Crippen LogP contribution in [-0.4, -0.2) is 82.0 Å². The molecule has 0 spiro atoms. The number of hydrogen-bond donors (Lipinski definition) is 2. The maximum atomic E-state index is 11.6. The number of carbonyl (C=O) groups is 4. The van der Waals surface area contributed by atoms with Crippen molar-refractivity contribution in [2.75, 3.05) is 58.9 Å². The molecule has 0 fully saturated rings. The summed E-state index contributed by atoms with van der Waals surface area (Å²) in [5.74, 6) is -1.78. The lowest BCUT2D eigenvalue weighted by molar-refractivity contribution is -0.134. The van der Waals surface area contributed by atoms with Gasteiger partial charge in [0.05, 0.1) is 52.0 Å². The van der Waals surface area contributed by atoms with Gasteiger partial charge in [0.2, 0.25) is 0 Å². The summed E-state index contributed by atoms with van der Waals surface area (Å²) in [6.07, 6.45) is 0.159. The van der Waals surface area contributed by atoms with Crippen molar-refractivity contribution >= 4 is 43.7 Å². The fourth-order valence-electron chi connectivity index (χ4n) is 2.65. The van der Waals surface area contributed by atoms with Gasteiger partial charge < -0.3 is 29.4 Å². The second kappa shape index (κ2) is 15.8. The summed E-state index contributed by atoms with van der Waals surface area (Å²) in [6, 6.07) is 13.2. The molecule has 2 aromatic carbocycles. The van der Waals surface area contributed by atoms with Crippen molar-refractivity contribution in [1.29, 1.82) is 0 Å². The highest BCUT2D eigenvalue weighted by Gasteiger charge is 2.14. The third kappa shape index (κ3) is 17.0. The molecule has 2 rings (SSSR count). The lowest BCUT2D eigenvalue weighted by atomic mass is 10.1. The van der Waals surface area contributed by atoms with Gasteiger partial charge in [-0.2, -0.15) is 0 Å². The van der Waals surface area contributed by atoms with Crippen molar-refractivity contribution in [2.24, 2.45) is 0 Å². The van der Waals surface area contributed by atoms with Gasteiger partial charge >= 0.3 is 17.9 Å². The Hall–Kier alpha value is -3.22. The van der Waals surface area contributed by atoms with Gasteiger partial charge in [0.1, 0.15) is 5.78 Å². The van der Waals surface area contributed by atoms with E-state index in [1.54, 1.807) is 61.9 Å². The molecule has 12 heteroatoms. The van der Waals surface area contributed by atoms with E-state index in [1.165, 1.54) is 27.5 Å². The highest BCUT2D eigenvalue weighted by Crippen LogP contribution is 2.35. The molecule has 0 bridgehead atoms. The molecule has 204 valence electrons. The van der Waals surface area contributed by atoms with E-state index in [0.717, 1.165) is 5.56 Å². The molecule has 0 heterocycles. The van der Waals surface area contributed by atoms with Gasteiger partial charge in [-0.15, -0.1) is 0 Å². The first kappa shape index (κ1) is 33.8. The van der Waals surface area contributed by atoms with Gasteiger partial charge in [0.25, 0.3) is 0 Å². The first-order valence-corrected chi connectivity index (χ1v) is 16.5. The molecule has 10 nitrogen and oxygen atoms in total. The number of nitrogen functional groups attached to an aromatic ring is 1. The van der Waals surface area contributed by atoms with Crippen LogP contribution < -0.4 is 5.73 Å². The fraction of sp³-hybridized carbons (Fsp3) is 0.360. The number of carbonyl (C=O) groups excluding carboxylic acids is 3. The maximum Gasteiger partial charge on any atom is 0.337 e. The fourth-order valence-corrected chi connectivity index (χ4v) is 4.26. The molecule has 0 unspecified atom stereocenters. The molecule has 0 saturated carbocycles. The molecule has 0 atom stereocenters. The Bertz CT molecular complexity index is 1150. The number of carboxylic acid groups (broad SMARTS) is 1.